The second-order valence-corrected chi connectivity index (χ2v) is 4.98. The van der Waals surface area contributed by atoms with Crippen LogP contribution in [0.15, 0.2) is 12.4 Å². The van der Waals surface area contributed by atoms with Gasteiger partial charge in [0, 0.05) is 38.5 Å². The van der Waals surface area contributed by atoms with Crippen LogP contribution in [-0.2, 0) is 18.2 Å². The number of rotatable bonds is 5. The molecule has 17 heavy (non-hydrogen) atoms. The maximum atomic E-state index is 6.15. The van der Waals surface area contributed by atoms with Gasteiger partial charge in [-0.05, 0) is 32.1 Å². The smallest absolute Gasteiger partial charge is 0.108 e. The molecule has 1 aliphatic heterocycles. The molecule has 0 saturated carbocycles. The van der Waals surface area contributed by atoms with E-state index in [0.29, 0.717) is 6.10 Å². The van der Waals surface area contributed by atoms with Gasteiger partial charge in [-0.15, -0.1) is 0 Å². The van der Waals surface area contributed by atoms with E-state index >= 15 is 0 Å². The van der Waals surface area contributed by atoms with Gasteiger partial charge in [-0.3, -0.25) is 0 Å². The first-order chi connectivity index (χ1) is 8.25. The standard InChI is InChI=1S/C13H23N3O/c1-16-8-7-15-13(16)6-5-11(14)10-12-4-2-3-9-17-12/h7-8,11-12H,2-6,9-10,14H2,1H3. The molecule has 2 N–H and O–H groups in total. The average Bonchev–Trinajstić information content (AvgIpc) is 2.74. The van der Waals surface area contributed by atoms with Gasteiger partial charge in [-0.25, -0.2) is 4.98 Å². The first-order valence-corrected chi connectivity index (χ1v) is 6.59. The van der Waals surface area contributed by atoms with Crippen molar-refractivity contribution in [3.8, 4) is 0 Å². The van der Waals surface area contributed by atoms with Gasteiger partial charge in [0.05, 0.1) is 6.10 Å². The number of ether oxygens (including phenoxy) is 1. The number of hydrogen-bond acceptors (Lipinski definition) is 3. The Hall–Kier alpha value is -0.870. The summed E-state index contributed by atoms with van der Waals surface area (Å²) in [7, 11) is 2.03. The second kappa shape index (κ2) is 6.17. The molecular formula is C13H23N3O. The molecule has 4 nitrogen and oxygen atoms in total. The van der Waals surface area contributed by atoms with Gasteiger partial charge in [0.1, 0.15) is 5.82 Å². The van der Waals surface area contributed by atoms with Crippen LogP contribution in [0.1, 0.15) is 37.9 Å². The maximum Gasteiger partial charge on any atom is 0.108 e. The Morgan fingerprint density at radius 3 is 3.12 bits per heavy atom. The molecule has 2 unspecified atom stereocenters. The van der Waals surface area contributed by atoms with Gasteiger partial charge in [-0.1, -0.05) is 0 Å². The molecule has 2 atom stereocenters. The number of hydrogen-bond donors (Lipinski definition) is 1. The van der Waals surface area contributed by atoms with Crippen LogP contribution in [0.4, 0.5) is 0 Å². The third-order valence-corrected chi connectivity index (χ3v) is 3.50. The predicted molar refractivity (Wildman–Crippen MR) is 67.7 cm³/mol. The van der Waals surface area contributed by atoms with E-state index in [1.807, 2.05) is 19.4 Å². The minimum atomic E-state index is 0.231. The lowest BCUT2D eigenvalue weighted by atomic mass is 9.99. The first kappa shape index (κ1) is 12.6. The Kier molecular flexibility index (Phi) is 4.57. The van der Waals surface area contributed by atoms with Crippen LogP contribution < -0.4 is 5.73 Å². The Bertz CT molecular complexity index is 331. The molecule has 0 aliphatic carbocycles. The second-order valence-electron chi connectivity index (χ2n) is 4.98. The summed E-state index contributed by atoms with van der Waals surface area (Å²) in [5.74, 6) is 1.12. The number of imidazole rings is 1. The first-order valence-electron chi connectivity index (χ1n) is 6.59. The molecule has 0 radical (unpaired) electrons. The van der Waals surface area contributed by atoms with Crippen molar-refractivity contribution in [1.29, 1.82) is 0 Å². The summed E-state index contributed by atoms with van der Waals surface area (Å²) < 4.78 is 7.77. The van der Waals surface area contributed by atoms with Crippen molar-refractivity contribution in [1.82, 2.24) is 9.55 Å². The molecule has 0 amide bonds. The van der Waals surface area contributed by atoms with Crippen LogP contribution in [0.5, 0.6) is 0 Å². The minimum absolute atomic E-state index is 0.231. The summed E-state index contributed by atoms with van der Waals surface area (Å²) in [6, 6.07) is 0.231. The molecule has 1 aliphatic rings. The molecule has 4 heteroatoms. The summed E-state index contributed by atoms with van der Waals surface area (Å²) >= 11 is 0. The molecule has 2 rings (SSSR count). The molecule has 1 fully saturated rings. The van der Waals surface area contributed by atoms with Crippen LogP contribution >= 0.6 is 0 Å². The van der Waals surface area contributed by atoms with Gasteiger partial charge >= 0.3 is 0 Å². The summed E-state index contributed by atoms with van der Waals surface area (Å²) in [4.78, 5) is 4.31. The van der Waals surface area contributed by atoms with E-state index in [4.69, 9.17) is 10.5 Å². The highest BCUT2D eigenvalue weighted by Crippen LogP contribution is 2.17. The SMILES string of the molecule is Cn1ccnc1CCC(N)CC1CCCCO1. The average molecular weight is 237 g/mol. The summed E-state index contributed by atoms with van der Waals surface area (Å²) in [5.41, 5.74) is 6.15. The molecule has 0 bridgehead atoms. The van der Waals surface area contributed by atoms with Crippen molar-refractivity contribution in [3.05, 3.63) is 18.2 Å². The third-order valence-electron chi connectivity index (χ3n) is 3.50. The number of aromatic nitrogens is 2. The van der Waals surface area contributed by atoms with E-state index in [9.17, 15) is 0 Å². The summed E-state index contributed by atoms with van der Waals surface area (Å²) in [5, 5.41) is 0. The van der Waals surface area contributed by atoms with Crippen LogP contribution in [-0.4, -0.2) is 28.3 Å². The highest BCUT2D eigenvalue weighted by atomic mass is 16.5. The molecule has 2 heterocycles. The Morgan fingerprint density at radius 2 is 2.47 bits per heavy atom. The van der Waals surface area contributed by atoms with E-state index in [2.05, 4.69) is 9.55 Å². The van der Waals surface area contributed by atoms with E-state index in [-0.39, 0.29) is 6.04 Å². The number of nitrogens with two attached hydrogens (primary N) is 1. The fourth-order valence-corrected chi connectivity index (χ4v) is 2.40. The molecular weight excluding hydrogens is 214 g/mol. The van der Waals surface area contributed by atoms with E-state index in [1.165, 1.54) is 19.3 Å². The van der Waals surface area contributed by atoms with Gasteiger partial charge in [0.15, 0.2) is 0 Å². The lowest BCUT2D eigenvalue weighted by Gasteiger charge is -2.25. The van der Waals surface area contributed by atoms with Crippen molar-refractivity contribution in [2.45, 2.75) is 50.7 Å². The Balaban J connectivity index is 1.70. The zero-order chi connectivity index (χ0) is 12.1. The van der Waals surface area contributed by atoms with Crippen LogP contribution in [0, 0.1) is 0 Å². The van der Waals surface area contributed by atoms with Crippen molar-refractivity contribution < 1.29 is 4.74 Å². The molecule has 1 saturated heterocycles. The summed E-state index contributed by atoms with van der Waals surface area (Å²) in [6.07, 6.45) is 10.8. The molecule has 0 aromatic carbocycles. The van der Waals surface area contributed by atoms with Crippen LogP contribution in [0.25, 0.3) is 0 Å². The highest BCUT2D eigenvalue weighted by molar-refractivity contribution is 4.92. The largest absolute Gasteiger partial charge is 0.378 e. The fourth-order valence-electron chi connectivity index (χ4n) is 2.40. The van der Waals surface area contributed by atoms with Gasteiger partial charge in [0.2, 0.25) is 0 Å². The maximum absolute atomic E-state index is 6.15. The van der Waals surface area contributed by atoms with Gasteiger partial charge in [-0.2, -0.15) is 0 Å². The summed E-state index contributed by atoms with van der Waals surface area (Å²) in [6.45, 7) is 0.913. The van der Waals surface area contributed by atoms with Crippen LogP contribution in [0.2, 0.25) is 0 Å². The highest BCUT2D eigenvalue weighted by Gasteiger charge is 2.17. The minimum Gasteiger partial charge on any atom is -0.378 e. The van der Waals surface area contributed by atoms with E-state index in [1.54, 1.807) is 0 Å². The lowest BCUT2D eigenvalue weighted by molar-refractivity contribution is 0.00701. The van der Waals surface area contributed by atoms with E-state index in [0.717, 1.165) is 31.7 Å². The normalized spacial score (nSPS) is 22.6. The van der Waals surface area contributed by atoms with E-state index < -0.39 is 0 Å². The molecule has 1 aromatic heterocycles. The Morgan fingerprint density at radius 1 is 1.59 bits per heavy atom. The monoisotopic (exact) mass is 237 g/mol. The zero-order valence-corrected chi connectivity index (χ0v) is 10.6. The van der Waals surface area contributed by atoms with Crippen LogP contribution in [0.3, 0.4) is 0 Å². The topological polar surface area (TPSA) is 53.1 Å². The predicted octanol–water partition coefficient (Wildman–Crippen LogP) is 1.64. The van der Waals surface area contributed by atoms with Crippen molar-refractivity contribution in [3.63, 3.8) is 0 Å². The molecule has 1 aromatic rings. The quantitative estimate of drug-likeness (QED) is 0.847. The molecule has 96 valence electrons. The third kappa shape index (κ3) is 3.82. The number of nitrogens with zero attached hydrogens (tertiary/aromatic N) is 2. The molecule has 0 spiro atoms. The fraction of sp³-hybridized carbons (Fsp3) is 0.769. The van der Waals surface area contributed by atoms with Gasteiger partial charge in [0.25, 0.3) is 0 Å². The lowest BCUT2D eigenvalue weighted by Crippen LogP contribution is -2.30. The van der Waals surface area contributed by atoms with Gasteiger partial charge < -0.3 is 15.0 Å². The number of aryl methyl sites for hydroxylation is 2. The van der Waals surface area contributed by atoms with Crippen molar-refractivity contribution in [2.75, 3.05) is 6.61 Å². The van der Waals surface area contributed by atoms with Crippen molar-refractivity contribution >= 4 is 0 Å². The van der Waals surface area contributed by atoms with Crippen molar-refractivity contribution in [2.24, 2.45) is 12.8 Å². The Labute approximate surface area is 103 Å². The zero-order valence-electron chi connectivity index (χ0n) is 10.6.